The SMILES string of the molecule is CC1(C)c2c(-c3cc4c(cn3)oc3ccccc34)[c-]ccc2-c2sc3ccccc3c21.CCC(CC)C(=O)/C=C(\O)C(CC)CC.[Ir]. The number of aliphatic hydroxyl groups is 1. The van der Waals surface area contributed by atoms with Gasteiger partial charge in [0.2, 0.25) is 0 Å². The average molecular weight is 821 g/mol. The number of nitrogens with zero attached hydrogens (tertiary/aromatic N) is 1. The molecule has 0 bridgehead atoms. The minimum absolute atomic E-state index is 0. The first kappa shape index (κ1) is 34.8. The summed E-state index contributed by atoms with van der Waals surface area (Å²) in [6.07, 6.45) is 6.76. The van der Waals surface area contributed by atoms with Gasteiger partial charge in [0.25, 0.3) is 0 Å². The van der Waals surface area contributed by atoms with Crippen LogP contribution in [-0.4, -0.2) is 15.9 Å². The Labute approximate surface area is 295 Å². The number of rotatable bonds is 8. The zero-order valence-corrected chi connectivity index (χ0v) is 31.2. The molecule has 3 aromatic heterocycles. The zero-order valence-electron chi connectivity index (χ0n) is 27.9. The van der Waals surface area contributed by atoms with E-state index < -0.39 is 0 Å². The average Bonchev–Trinajstić information content (AvgIpc) is 3.71. The van der Waals surface area contributed by atoms with Crippen molar-refractivity contribution < 1.29 is 34.4 Å². The van der Waals surface area contributed by atoms with Crippen LogP contribution in [0.2, 0.25) is 0 Å². The Bertz CT molecular complexity index is 2080. The van der Waals surface area contributed by atoms with E-state index in [4.69, 9.17) is 9.40 Å². The van der Waals surface area contributed by atoms with Crippen LogP contribution in [0.5, 0.6) is 0 Å². The van der Waals surface area contributed by atoms with Crippen molar-refractivity contribution in [3.05, 3.63) is 102 Å². The number of allylic oxidation sites excluding steroid dienone is 2. The molecule has 0 unspecified atom stereocenters. The molecule has 0 amide bonds. The number of hydrogen-bond acceptors (Lipinski definition) is 5. The molecule has 3 heterocycles. The minimum Gasteiger partial charge on any atom is -0.512 e. The summed E-state index contributed by atoms with van der Waals surface area (Å²) in [6.45, 7) is 12.7. The van der Waals surface area contributed by atoms with Gasteiger partial charge in [0.15, 0.2) is 11.4 Å². The van der Waals surface area contributed by atoms with Crippen LogP contribution in [0.4, 0.5) is 0 Å². The summed E-state index contributed by atoms with van der Waals surface area (Å²) >= 11 is 1.89. The predicted molar refractivity (Wildman–Crippen MR) is 193 cm³/mol. The molecule has 0 aliphatic heterocycles. The molecular formula is C41H42IrNO3S-. The van der Waals surface area contributed by atoms with Gasteiger partial charge >= 0.3 is 0 Å². The summed E-state index contributed by atoms with van der Waals surface area (Å²) in [5.41, 5.74) is 7.70. The molecule has 3 aromatic carbocycles. The number of aromatic nitrogens is 1. The molecule has 0 saturated carbocycles. The van der Waals surface area contributed by atoms with E-state index in [0.717, 1.165) is 58.9 Å². The van der Waals surface area contributed by atoms with Crippen LogP contribution in [0.1, 0.15) is 78.4 Å². The molecule has 245 valence electrons. The van der Waals surface area contributed by atoms with E-state index in [1.54, 1.807) is 0 Å². The molecule has 0 fully saturated rings. The molecule has 1 N–H and O–H groups in total. The predicted octanol–water partition coefficient (Wildman–Crippen LogP) is 11.8. The fourth-order valence-corrected chi connectivity index (χ4v) is 8.46. The van der Waals surface area contributed by atoms with Gasteiger partial charge in [0.1, 0.15) is 5.58 Å². The first-order chi connectivity index (χ1) is 22.2. The third kappa shape index (κ3) is 6.24. The number of pyridine rings is 1. The third-order valence-electron chi connectivity index (χ3n) is 9.69. The van der Waals surface area contributed by atoms with Crippen molar-refractivity contribution in [2.75, 3.05) is 0 Å². The molecule has 1 aliphatic rings. The van der Waals surface area contributed by atoms with Crippen LogP contribution >= 0.6 is 11.3 Å². The first-order valence-corrected chi connectivity index (χ1v) is 17.3. The van der Waals surface area contributed by atoms with Gasteiger partial charge in [-0.2, -0.15) is 0 Å². The van der Waals surface area contributed by atoms with Crippen LogP contribution in [0.3, 0.4) is 0 Å². The van der Waals surface area contributed by atoms with E-state index in [9.17, 15) is 9.90 Å². The van der Waals surface area contributed by atoms with E-state index in [0.29, 0.717) is 0 Å². The van der Waals surface area contributed by atoms with Crippen LogP contribution in [0.25, 0.3) is 53.7 Å². The number of fused-ring (bicyclic) bond motifs is 8. The van der Waals surface area contributed by atoms with Gasteiger partial charge in [-0.05, 0) is 59.9 Å². The quantitative estimate of drug-likeness (QED) is 0.0944. The fraction of sp³-hybridized carbons (Fsp3) is 0.317. The zero-order chi connectivity index (χ0) is 32.6. The number of carbonyl (C=O) groups excluding carboxylic acids is 1. The summed E-state index contributed by atoms with van der Waals surface area (Å²) in [7, 11) is 0. The van der Waals surface area contributed by atoms with Crippen molar-refractivity contribution in [3.8, 4) is 21.7 Å². The number of furan rings is 1. The third-order valence-corrected chi connectivity index (χ3v) is 10.9. The fourth-order valence-electron chi connectivity index (χ4n) is 7.07. The second-order valence-electron chi connectivity index (χ2n) is 12.7. The minimum atomic E-state index is -0.119. The summed E-state index contributed by atoms with van der Waals surface area (Å²) in [5, 5.41) is 13.3. The largest absolute Gasteiger partial charge is 0.512 e. The Morgan fingerprint density at radius 2 is 1.55 bits per heavy atom. The van der Waals surface area contributed by atoms with Crippen LogP contribution in [0.15, 0.2) is 89.2 Å². The summed E-state index contributed by atoms with van der Waals surface area (Å²) < 4.78 is 7.34. The van der Waals surface area contributed by atoms with E-state index in [1.807, 2.05) is 63.4 Å². The molecule has 1 aliphatic carbocycles. The van der Waals surface area contributed by atoms with Gasteiger partial charge in [-0.3, -0.25) is 4.79 Å². The Morgan fingerprint density at radius 1 is 0.894 bits per heavy atom. The van der Waals surface area contributed by atoms with Crippen LogP contribution < -0.4 is 0 Å². The van der Waals surface area contributed by atoms with Gasteiger partial charge in [-0.1, -0.05) is 89.6 Å². The van der Waals surface area contributed by atoms with Crippen molar-refractivity contribution in [2.45, 2.75) is 72.6 Å². The van der Waals surface area contributed by atoms with E-state index in [-0.39, 0.29) is 48.9 Å². The Kier molecular flexibility index (Phi) is 10.6. The second-order valence-corrected chi connectivity index (χ2v) is 13.8. The number of hydrogen-bond donors (Lipinski definition) is 1. The van der Waals surface area contributed by atoms with Gasteiger partial charge in [-0.15, -0.1) is 40.7 Å². The van der Waals surface area contributed by atoms with Crippen molar-refractivity contribution in [2.24, 2.45) is 11.8 Å². The molecular weight excluding hydrogens is 779 g/mol. The Morgan fingerprint density at radius 3 is 2.26 bits per heavy atom. The molecule has 0 saturated heterocycles. The monoisotopic (exact) mass is 821 g/mol. The summed E-state index contributed by atoms with van der Waals surface area (Å²) in [5.74, 6) is 0.547. The Hall–Kier alpha value is -3.57. The molecule has 6 heteroatoms. The normalized spacial score (nSPS) is 13.5. The molecule has 1 radical (unpaired) electrons. The number of carbonyl (C=O) groups is 1. The number of para-hydroxylation sites is 1. The molecule has 0 spiro atoms. The van der Waals surface area contributed by atoms with E-state index in [1.165, 1.54) is 37.7 Å². The first-order valence-electron chi connectivity index (χ1n) is 16.5. The molecule has 0 atom stereocenters. The number of ketones is 1. The van der Waals surface area contributed by atoms with E-state index >= 15 is 0 Å². The Balaban J connectivity index is 0.000000234. The van der Waals surface area contributed by atoms with Crippen LogP contribution in [-0.2, 0) is 30.3 Å². The van der Waals surface area contributed by atoms with Gasteiger partial charge in [-0.25, -0.2) is 0 Å². The second kappa shape index (κ2) is 14.3. The van der Waals surface area contributed by atoms with Gasteiger partial charge < -0.3 is 14.5 Å². The number of thiophene rings is 1. The van der Waals surface area contributed by atoms with Crippen LogP contribution in [0, 0.1) is 17.9 Å². The molecule has 4 nitrogen and oxygen atoms in total. The smallest absolute Gasteiger partial charge is 0.162 e. The van der Waals surface area contributed by atoms with Crippen molar-refractivity contribution in [1.82, 2.24) is 4.98 Å². The maximum absolute atomic E-state index is 11.7. The van der Waals surface area contributed by atoms with Gasteiger partial charge in [0.05, 0.1) is 12.0 Å². The summed E-state index contributed by atoms with van der Waals surface area (Å²) in [6, 6.07) is 26.9. The van der Waals surface area contributed by atoms with Gasteiger partial charge in [0, 0.05) is 58.4 Å². The molecule has 6 aromatic rings. The topological polar surface area (TPSA) is 63.3 Å². The standard InChI is InChI=1S/C28H18NOS.C13H24O2.Ir/c1-28(2)25-17(21-14-20-16-8-3-5-12-22(16)30-23(20)15-29-21)10-7-11-19(25)27-26(28)18-9-4-6-13-24(18)31-27;1-5-10(6-2)12(14)9-13(15)11(7-3)8-4;/h3-9,11-15H,1-2H3;9-11,14H,5-8H2,1-4H3;/q-1;;/b;12-9-;. The maximum atomic E-state index is 11.7. The van der Waals surface area contributed by atoms with E-state index in [2.05, 4.69) is 68.4 Å². The maximum Gasteiger partial charge on any atom is 0.162 e. The number of aliphatic hydroxyl groups excluding tert-OH is 1. The summed E-state index contributed by atoms with van der Waals surface area (Å²) in [4.78, 5) is 17.9. The molecule has 7 rings (SSSR count). The molecule has 47 heavy (non-hydrogen) atoms. The van der Waals surface area contributed by atoms with Crippen molar-refractivity contribution in [3.63, 3.8) is 0 Å². The van der Waals surface area contributed by atoms with Crippen molar-refractivity contribution >= 4 is 49.1 Å². The van der Waals surface area contributed by atoms with Crippen molar-refractivity contribution in [1.29, 1.82) is 0 Å². The number of benzene rings is 3.